The summed E-state index contributed by atoms with van der Waals surface area (Å²) in [7, 11) is 0. The van der Waals surface area contributed by atoms with Gasteiger partial charge in [-0.15, -0.1) is 0 Å². The fourth-order valence-electron chi connectivity index (χ4n) is 3.91. The van der Waals surface area contributed by atoms with E-state index in [1.165, 1.54) is 12.3 Å². The fourth-order valence-corrected chi connectivity index (χ4v) is 3.91. The van der Waals surface area contributed by atoms with Gasteiger partial charge in [0.1, 0.15) is 22.8 Å². The van der Waals surface area contributed by atoms with E-state index in [9.17, 15) is 9.59 Å². The molecule has 4 rings (SSSR count). The van der Waals surface area contributed by atoms with Crippen LogP contribution in [0.5, 0.6) is 5.75 Å². The number of hydrogen-bond donors (Lipinski definition) is 2. The van der Waals surface area contributed by atoms with Gasteiger partial charge in [0.05, 0.1) is 12.3 Å². The van der Waals surface area contributed by atoms with Crippen LogP contribution in [-0.4, -0.2) is 17.4 Å². The highest BCUT2D eigenvalue weighted by atomic mass is 16.5. The van der Waals surface area contributed by atoms with Gasteiger partial charge in [-0.2, -0.15) is 0 Å². The number of aryl methyl sites for hydroxylation is 2. The van der Waals surface area contributed by atoms with Crippen molar-refractivity contribution in [1.82, 2.24) is 10.6 Å². The quantitative estimate of drug-likeness (QED) is 0.538. The predicted octanol–water partition coefficient (Wildman–Crippen LogP) is 5.09. The lowest BCUT2D eigenvalue weighted by Gasteiger charge is -2.38. The van der Waals surface area contributed by atoms with Crippen LogP contribution in [0, 0.1) is 13.8 Å². The second-order valence-electron chi connectivity index (χ2n) is 9.03. The van der Waals surface area contributed by atoms with Crippen LogP contribution in [0.25, 0.3) is 6.08 Å². The van der Waals surface area contributed by atoms with Crippen molar-refractivity contribution in [2.24, 2.45) is 0 Å². The average molecular weight is 445 g/mol. The second-order valence-corrected chi connectivity index (χ2v) is 9.03. The molecule has 0 saturated heterocycles. The lowest BCUT2D eigenvalue weighted by Crippen LogP contribution is -2.43. The van der Waals surface area contributed by atoms with Crippen molar-refractivity contribution in [1.29, 1.82) is 0 Å². The number of hydrogen-bond acceptors (Lipinski definition) is 4. The topological polar surface area (TPSA) is 80.6 Å². The highest BCUT2D eigenvalue weighted by Crippen LogP contribution is 2.40. The van der Waals surface area contributed by atoms with E-state index in [1.807, 2.05) is 58.0 Å². The Morgan fingerprint density at radius 1 is 1.03 bits per heavy atom. The molecule has 2 amide bonds. The first-order valence-electron chi connectivity index (χ1n) is 10.9. The van der Waals surface area contributed by atoms with Crippen molar-refractivity contribution in [3.63, 3.8) is 0 Å². The lowest BCUT2D eigenvalue weighted by molar-refractivity contribution is -0.119. The third-order valence-electron chi connectivity index (χ3n) is 5.56. The Morgan fingerprint density at radius 2 is 1.76 bits per heavy atom. The standard InChI is InChI=1S/C27H28N2O4/c1-17-7-10-19(11-8-17)25(30)28-22(15-20-6-5-13-32-20)26(31)29-23-16-27(3,4)33-24-12-9-18(2)14-21(23)24/h5-15,23H,16H2,1-4H3,(H,28,30)(H,29,31)/b22-15-/t23-/m0/s1. The molecule has 1 aliphatic heterocycles. The van der Waals surface area contributed by atoms with E-state index in [0.717, 1.165) is 22.4 Å². The van der Waals surface area contributed by atoms with Gasteiger partial charge in [-0.1, -0.05) is 35.4 Å². The van der Waals surface area contributed by atoms with E-state index < -0.39 is 11.5 Å². The lowest BCUT2D eigenvalue weighted by atomic mass is 9.89. The molecule has 0 spiro atoms. The smallest absolute Gasteiger partial charge is 0.268 e. The molecule has 1 aromatic heterocycles. The molecule has 0 bridgehead atoms. The minimum Gasteiger partial charge on any atom is -0.487 e. The SMILES string of the molecule is Cc1ccc(C(=O)N/C(=C\c2ccco2)C(=O)N[C@H]2CC(C)(C)Oc3ccc(C)cc32)cc1. The molecule has 2 aromatic carbocycles. The first-order chi connectivity index (χ1) is 15.7. The maximum absolute atomic E-state index is 13.4. The fraction of sp³-hybridized carbons (Fsp3) is 0.259. The Morgan fingerprint density at radius 3 is 2.45 bits per heavy atom. The molecule has 0 fully saturated rings. The van der Waals surface area contributed by atoms with E-state index in [4.69, 9.17) is 9.15 Å². The molecule has 0 aliphatic carbocycles. The third kappa shape index (κ3) is 5.34. The monoisotopic (exact) mass is 444 g/mol. The molecule has 1 atom stereocenters. The molecule has 0 radical (unpaired) electrons. The summed E-state index contributed by atoms with van der Waals surface area (Å²) in [4.78, 5) is 26.2. The molecular formula is C27H28N2O4. The first-order valence-corrected chi connectivity index (χ1v) is 10.9. The molecule has 6 nitrogen and oxygen atoms in total. The van der Waals surface area contributed by atoms with Gasteiger partial charge in [0.15, 0.2) is 0 Å². The minimum atomic E-state index is -0.448. The summed E-state index contributed by atoms with van der Waals surface area (Å²) in [6.07, 6.45) is 3.64. The normalized spacial score (nSPS) is 17.0. The largest absolute Gasteiger partial charge is 0.487 e. The minimum absolute atomic E-state index is 0.106. The first kappa shape index (κ1) is 22.4. The number of benzene rings is 2. The Kier molecular flexibility index (Phi) is 6.09. The van der Waals surface area contributed by atoms with Crippen LogP contribution in [0.2, 0.25) is 0 Å². The van der Waals surface area contributed by atoms with Crippen molar-refractivity contribution in [3.05, 3.63) is 94.6 Å². The van der Waals surface area contributed by atoms with Crippen LogP contribution < -0.4 is 15.4 Å². The maximum Gasteiger partial charge on any atom is 0.268 e. The number of carbonyl (C=O) groups excluding carboxylic acids is 2. The van der Waals surface area contributed by atoms with Crippen molar-refractivity contribution in [3.8, 4) is 5.75 Å². The van der Waals surface area contributed by atoms with Crippen molar-refractivity contribution >= 4 is 17.9 Å². The molecule has 33 heavy (non-hydrogen) atoms. The number of furan rings is 1. The Hall–Kier alpha value is -3.80. The summed E-state index contributed by atoms with van der Waals surface area (Å²) >= 11 is 0. The van der Waals surface area contributed by atoms with Gasteiger partial charge in [-0.3, -0.25) is 9.59 Å². The van der Waals surface area contributed by atoms with E-state index in [-0.39, 0.29) is 17.6 Å². The van der Waals surface area contributed by atoms with Crippen LogP contribution in [-0.2, 0) is 4.79 Å². The average Bonchev–Trinajstić information content (AvgIpc) is 3.27. The number of amides is 2. The second kappa shape index (κ2) is 8.98. The van der Waals surface area contributed by atoms with Crippen LogP contribution >= 0.6 is 0 Å². The van der Waals surface area contributed by atoms with Gasteiger partial charge >= 0.3 is 0 Å². The molecule has 0 unspecified atom stereocenters. The summed E-state index contributed by atoms with van der Waals surface area (Å²) in [5.74, 6) is 0.448. The number of fused-ring (bicyclic) bond motifs is 1. The zero-order chi connectivity index (χ0) is 23.6. The molecular weight excluding hydrogens is 416 g/mol. The van der Waals surface area contributed by atoms with Crippen molar-refractivity contribution in [2.75, 3.05) is 0 Å². The molecule has 170 valence electrons. The zero-order valence-electron chi connectivity index (χ0n) is 19.3. The van der Waals surface area contributed by atoms with Crippen molar-refractivity contribution in [2.45, 2.75) is 45.8 Å². The number of carbonyl (C=O) groups is 2. The van der Waals surface area contributed by atoms with Crippen molar-refractivity contribution < 1.29 is 18.7 Å². The summed E-state index contributed by atoms with van der Waals surface area (Å²) in [5.41, 5.74) is 3.17. The number of nitrogens with one attached hydrogen (secondary N) is 2. The van der Waals surface area contributed by atoms with Crippen LogP contribution in [0.1, 0.15) is 59.1 Å². The molecule has 2 heterocycles. The highest BCUT2D eigenvalue weighted by Gasteiger charge is 2.35. The van der Waals surface area contributed by atoms with E-state index in [1.54, 1.807) is 24.3 Å². The Balaban J connectivity index is 1.61. The van der Waals surface area contributed by atoms with Crippen LogP contribution in [0.15, 0.2) is 71.0 Å². The summed E-state index contributed by atoms with van der Waals surface area (Å²) in [5, 5.41) is 5.85. The molecule has 6 heteroatoms. The molecule has 0 saturated carbocycles. The molecule has 3 aromatic rings. The van der Waals surface area contributed by atoms with Gasteiger partial charge in [-0.25, -0.2) is 0 Å². The van der Waals surface area contributed by atoms with E-state index in [2.05, 4.69) is 10.6 Å². The van der Waals surface area contributed by atoms with Gasteiger partial charge in [-0.05, 0) is 58.0 Å². The highest BCUT2D eigenvalue weighted by molar-refractivity contribution is 6.05. The zero-order valence-corrected chi connectivity index (χ0v) is 19.3. The molecule has 2 N–H and O–H groups in total. The van der Waals surface area contributed by atoms with Crippen LogP contribution in [0.4, 0.5) is 0 Å². The van der Waals surface area contributed by atoms with Gasteiger partial charge < -0.3 is 19.8 Å². The number of ether oxygens (including phenoxy) is 1. The van der Waals surface area contributed by atoms with E-state index >= 15 is 0 Å². The Bertz CT molecular complexity index is 1190. The molecule has 1 aliphatic rings. The van der Waals surface area contributed by atoms with E-state index in [0.29, 0.717) is 17.7 Å². The summed E-state index contributed by atoms with van der Waals surface area (Å²) < 4.78 is 11.5. The van der Waals surface area contributed by atoms with Gasteiger partial charge in [0.2, 0.25) is 0 Å². The van der Waals surface area contributed by atoms with Gasteiger partial charge in [0.25, 0.3) is 11.8 Å². The number of rotatable bonds is 5. The summed E-state index contributed by atoms with van der Waals surface area (Å²) in [6, 6.07) is 16.3. The van der Waals surface area contributed by atoms with Crippen LogP contribution in [0.3, 0.4) is 0 Å². The third-order valence-corrected chi connectivity index (χ3v) is 5.56. The predicted molar refractivity (Wildman–Crippen MR) is 127 cm³/mol. The van der Waals surface area contributed by atoms with Gasteiger partial charge in [0, 0.05) is 23.6 Å². The maximum atomic E-state index is 13.4. The Labute approximate surface area is 193 Å². The summed E-state index contributed by atoms with van der Waals surface area (Å²) in [6.45, 7) is 7.94.